The van der Waals surface area contributed by atoms with Gasteiger partial charge in [-0.3, -0.25) is 4.79 Å². The van der Waals surface area contributed by atoms with Gasteiger partial charge in [0.15, 0.2) is 5.65 Å². The number of aryl methyl sites for hydroxylation is 2. The van der Waals surface area contributed by atoms with E-state index in [0.29, 0.717) is 37.1 Å². The highest BCUT2D eigenvalue weighted by atomic mass is 16.5. The van der Waals surface area contributed by atoms with Crippen molar-refractivity contribution in [3.05, 3.63) is 28.7 Å². The van der Waals surface area contributed by atoms with Gasteiger partial charge in [-0.05, 0) is 45.6 Å². The normalized spacial score (nSPS) is 16.8. The number of nitrogens with zero attached hydrogens (tertiary/aromatic N) is 5. The fraction of sp³-hybridized carbons (Fsp3) is 0.579. The first-order valence-corrected chi connectivity index (χ1v) is 9.18. The molecule has 26 heavy (non-hydrogen) atoms. The van der Waals surface area contributed by atoms with Gasteiger partial charge in [0.2, 0.25) is 5.91 Å². The molecule has 0 N–H and O–H groups in total. The van der Waals surface area contributed by atoms with E-state index in [9.17, 15) is 4.79 Å². The third kappa shape index (κ3) is 3.56. The van der Waals surface area contributed by atoms with Crippen molar-refractivity contribution in [1.29, 1.82) is 5.26 Å². The summed E-state index contributed by atoms with van der Waals surface area (Å²) in [6.07, 6.45) is 4.86. The summed E-state index contributed by atoms with van der Waals surface area (Å²) in [5, 5.41) is 13.4. The van der Waals surface area contributed by atoms with Crippen LogP contribution in [0.2, 0.25) is 0 Å². The number of fused-ring (bicyclic) bond motifs is 1. The maximum Gasteiger partial charge on any atom is 0.222 e. The molecule has 0 radical (unpaired) electrons. The average molecular weight is 355 g/mol. The molecule has 1 fully saturated rings. The molecule has 2 aromatic heterocycles. The van der Waals surface area contributed by atoms with Gasteiger partial charge in [-0.2, -0.15) is 10.4 Å². The van der Waals surface area contributed by atoms with Crippen molar-refractivity contribution >= 4 is 11.6 Å². The van der Waals surface area contributed by atoms with Gasteiger partial charge >= 0.3 is 0 Å². The molecular weight excluding hydrogens is 330 g/mol. The summed E-state index contributed by atoms with van der Waals surface area (Å²) in [4.78, 5) is 19.1. The van der Waals surface area contributed by atoms with Crippen LogP contribution < -0.4 is 0 Å². The predicted octanol–water partition coefficient (Wildman–Crippen LogP) is 2.18. The van der Waals surface area contributed by atoms with Crippen LogP contribution in [0.4, 0.5) is 0 Å². The Hall–Kier alpha value is -2.46. The summed E-state index contributed by atoms with van der Waals surface area (Å²) in [5.41, 5.74) is 3.84. The molecule has 0 bridgehead atoms. The number of likely N-dealkylation sites (N-methyl/N-ethyl adjacent to an activating group) is 1. The number of hydrogen-bond donors (Lipinski definition) is 0. The Bertz CT molecular complexity index is 846. The van der Waals surface area contributed by atoms with Crippen molar-refractivity contribution in [2.45, 2.75) is 52.6 Å². The smallest absolute Gasteiger partial charge is 0.222 e. The van der Waals surface area contributed by atoms with E-state index in [2.05, 4.69) is 16.2 Å². The van der Waals surface area contributed by atoms with E-state index in [1.54, 1.807) is 4.52 Å². The van der Waals surface area contributed by atoms with E-state index >= 15 is 0 Å². The summed E-state index contributed by atoms with van der Waals surface area (Å²) in [6, 6.07) is 2.11. The maximum absolute atomic E-state index is 12.7. The Morgan fingerprint density at radius 3 is 2.96 bits per heavy atom. The van der Waals surface area contributed by atoms with Crippen molar-refractivity contribution in [1.82, 2.24) is 19.5 Å². The second-order valence-electron chi connectivity index (χ2n) is 6.73. The van der Waals surface area contributed by atoms with Crippen molar-refractivity contribution in [2.24, 2.45) is 0 Å². The molecule has 7 heteroatoms. The Balaban J connectivity index is 1.72. The fourth-order valence-corrected chi connectivity index (χ4v) is 3.58. The lowest BCUT2D eigenvalue weighted by molar-refractivity contribution is -0.132. The second kappa shape index (κ2) is 7.83. The van der Waals surface area contributed by atoms with Gasteiger partial charge < -0.3 is 9.64 Å². The first-order valence-electron chi connectivity index (χ1n) is 9.18. The number of nitriles is 1. The molecule has 1 aliphatic rings. The number of carbonyl (C=O) groups is 1. The molecule has 0 spiro atoms. The Morgan fingerprint density at radius 1 is 1.50 bits per heavy atom. The highest BCUT2D eigenvalue weighted by molar-refractivity contribution is 5.76. The number of amides is 1. The van der Waals surface area contributed by atoms with Crippen LogP contribution in [0.1, 0.15) is 48.7 Å². The number of carbonyl (C=O) groups excluding carboxylic acids is 1. The minimum absolute atomic E-state index is 0.139. The molecular formula is C19H25N5O2. The van der Waals surface area contributed by atoms with Gasteiger partial charge in [0.05, 0.1) is 12.3 Å². The van der Waals surface area contributed by atoms with E-state index in [4.69, 9.17) is 10.00 Å². The maximum atomic E-state index is 12.7. The zero-order valence-corrected chi connectivity index (χ0v) is 15.7. The van der Waals surface area contributed by atoms with Crippen molar-refractivity contribution < 1.29 is 9.53 Å². The van der Waals surface area contributed by atoms with Crippen molar-refractivity contribution in [3.63, 3.8) is 0 Å². The second-order valence-corrected chi connectivity index (χ2v) is 6.73. The summed E-state index contributed by atoms with van der Waals surface area (Å²) < 4.78 is 7.35. The van der Waals surface area contributed by atoms with Crippen molar-refractivity contribution in [2.75, 3.05) is 19.7 Å². The summed E-state index contributed by atoms with van der Waals surface area (Å²) in [6.45, 7) is 8.05. The van der Waals surface area contributed by atoms with Gasteiger partial charge in [-0.15, -0.1) is 0 Å². The average Bonchev–Trinajstić information content (AvgIpc) is 3.28. The van der Waals surface area contributed by atoms with Gasteiger partial charge in [0.25, 0.3) is 0 Å². The zero-order chi connectivity index (χ0) is 18.7. The first-order chi connectivity index (χ1) is 12.5. The van der Waals surface area contributed by atoms with Gasteiger partial charge in [0.1, 0.15) is 11.6 Å². The fourth-order valence-electron chi connectivity index (χ4n) is 3.58. The van der Waals surface area contributed by atoms with Crippen LogP contribution in [0.25, 0.3) is 5.65 Å². The van der Waals surface area contributed by atoms with E-state index in [0.717, 1.165) is 36.4 Å². The third-order valence-corrected chi connectivity index (χ3v) is 5.10. The highest BCUT2D eigenvalue weighted by Gasteiger charge is 2.22. The lowest BCUT2D eigenvalue weighted by atomic mass is 10.1. The molecule has 0 saturated carbocycles. The van der Waals surface area contributed by atoms with Crippen LogP contribution in [0.3, 0.4) is 0 Å². The van der Waals surface area contributed by atoms with Crippen molar-refractivity contribution in [3.8, 4) is 6.07 Å². The molecule has 0 aliphatic carbocycles. The summed E-state index contributed by atoms with van der Waals surface area (Å²) in [7, 11) is 0. The van der Waals surface area contributed by atoms with E-state index in [-0.39, 0.29) is 12.0 Å². The molecule has 1 amide bonds. The molecule has 3 heterocycles. The molecule has 1 saturated heterocycles. The number of aromatic nitrogens is 3. The number of rotatable bonds is 6. The highest BCUT2D eigenvalue weighted by Crippen LogP contribution is 2.19. The summed E-state index contributed by atoms with van der Waals surface area (Å²) >= 11 is 0. The topological polar surface area (TPSA) is 83.5 Å². The van der Waals surface area contributed by atoms with E-state index in [1.165, 1.54) is 6.20 Å². The molecule has 0 unspecified atom stereocenters. The van der Waals surface area contributed by atoms with Gasteiger partial charge in [-0.25, -0.2) is 9.50 Å². The SMILES string of the molecule is CCN(C[C@@H]1CCCO1)C(=O)CCc1c(C)nc2c(C#N)cnn2c1C. The van der Waals surface area contributed by atoms with Gasteiger partial charge in [0, 0.05) is 37.5 Å². The molecule has 138 valence electrons. The van der Waals surface area contributed by atoms with E-state index < -0.39 is 0 Å². The number of hydrogen-bond acceptors (Lipinski definition) is 5. The first kappa shape index (κ1) is 18.3. The molecule has 1 aliphatic heterocycles. The van der Waals surface area contributed by atoms with Crippen LogP contribution in [0.5, 0.6) is 0 Å². The standard InChI is InChI=1S/C19H25N5O2/c1-4-23(12-16-6-5-9-26-16)18(25)8-7-17-13(2)22-19-15(10-20)11-21-24(19)14(17)3/h11,16H,4-9,12H2,1-3H3/t16-/m0/s1. The minimum atomic E-state index is 0.139. The predicted molar refractivity (Wildman–Crippen MR) is 96.7 cm³/mol. The molecule has 1 atom stereocenters. The third-order valence-electron chi connectivity index (χ3n) is 5.10. The zero-order valence-electron chi connectivity index (χ0n) is 15.7. The lowest BCUT2D eigenvalue weighted by Crippen LogP contribution is -2.37. The minimum Gasteiger partial charge on any atom is -0.376 e. The molecule has 0 aromatic carbocycles. The summed E-state index contributed by atoms with van der Waals surface area (Å²) in [5.74, 6) is 0.139. The van der Waals surface area contributed by atoms with Gasteiger partial charge in [-0.1, -0.05) is 0 Å². The Labute approximate surface area is 153 Å². The number of ether oxygens (including phenoxy) is 1. The molecule has 7 nitrogen and oxygen atoms in total. The Kier molecular flexibility index (Phi) is 5.52. The van der Waals surface area contributed by atoms with Crippen LogP contribution in [0.15, 0.2) is 6.20 Å². The Morgan fingerprint density at radius 2 is 2.31 bits per heavy atom. The quantitative estimate of drug-likeness (QED) is 0.793. The van der Waals surface area contributed by atoms with Crippen LogP contribution >= 0.6 is 0 Å². The molecule has 2 aromatic rings. The van der Waals surface area contributed by atoms with Crippen LogP contribution in [-0.4, -0.2) is 51.2 Å². The largest absolute Gasteiger partial charge is 0.376 e. The lowest BCUT2D eigenvalue weighted by Gasteiger charge is -2.24. The molecule has 3 rings (SSSR count). The van der Waals surface area contributed by atoms with Crippen LogP contribution in [-0.2, 0) is 16.0 Å². The monoisotopic (exact) mass is 355 g/mol. The van der Waals surface area contributed by atoms with Crippen LogP contribution in [0, 0.1) is 25.2 Å². The van der Waals surface area contributed by atoms with E-state index in [1.807, 2.05) is 25.7 Å².